The molecule has 0 spiro atoms. The molecule has 2 aromatic carbocycles. The summed E-state index contributed by atoms with van der Waals surface area (Å²) in [6, 6.07) is 15.5. The zero-order chi connectivity index (χ0) is 22.1. The summed E-state index contributed by atoms with van der Waals surface area (Å²) in [5, 5.41) is 9.44. The fraction of sp³-hybridized carbons (Fsp3) is 0.333. The summed E-state index contributed by atoms with van der Waals surface area (Å²) in [5.41, 5.74) is 9.11. The Morgan fingerprint density at radius 1 is 1.19 bits per heavy atom. The first kappa shape index (κ1) is 21.3. The van der Waals surface area contributed by atoms with Gasteiger partial charge in [0.1, 0.15) is 0 Å². The molecule has 0 aliphatic carbocycles. The van der Waals surface area contributed by atoms with Crippen molar-refractivity contribution in [3.63, 3.8) is 0 Å². The molecule has 0 bridgehead atoms. The molecule has 1 aliphatic heterocycles. The minimum Gasteiger partial charge on any atom is -0.478 e. The molecule has 0 saturated heterocycles. The molecule has 1 aliphatic rings. The van der Waals surface area contributed by atoms with Crippen LogP contribution in [0.4, 0.5) is 0 Å². The average molecular weight is 415 g/mol. The predicted molar refractivity (Wildman–Crippen MR) is 124 cm³/mol. The number of hydrogen-bond acceptors (Lipinski definition) is 3. The van der Waals surface area contributed by atoms with Crippen LogP contribution < -0.4 is 0 Å². The van der Waals surface area contributed by atoms with E-state index in [4.69, 9.17) is 0 Å². The van der Waals surface area contributed by atoms with Crippen molar-refractivity contribution < 1.29 is 9.90 Å². The van der Waals surface area contributed by atoms with Crippen LogP contribution in [0.3, 0.4) is 0 Å². The van der Waals surface area contributed by atoms with Gasteiger partial charge >= 0.3 is 5.97 Å². The van der Waals surface area contributed by atoms with Gasteiger partial charge in [-0.05, 0) is 83.8 Å². The van der Waals surface area contributed by atoms with Gasteiger partial charge in [0.2, 0.25) is 0 Å². The van der Waals surface area contributed by atoms with Crippen molar-refractivity contribution in [3.8, 4) is 11.1 Å². The second-order valence-corrected chi connectivity index (χ2v) is 8.95. The van der Waals surface area contributed by atoms with Gasteiger partial charge in [-0.25, -0.2) is 4.79 Å². The number of nitrogens with zero attached hydrogens (tertiary/aromatic N) is 2. The van der Waals surface area contributed by atoms with Crippen molar-refractivity contribution in [1.82, 2.24) is 9.88 Å². The molecule has 0 saturated carbocycles. The Bertz CT molecular complexity index is 1120. The Morgan fingerprint density at radius 2 is 2.00 bits per heavy atom. The maximum absolute atomic E-state index is 11.5. The van der Waals surface area contributed by atoms with Gasteiger partial charge < -0.3 is 5.11 Å². The molecule has 160 valence electrons. The van der Waals surface area contributed by atoms with Gasteiger partial charge in [0.15, 0.2) is 0 Å². The number of aryl methyl sites for hydroxylation is 2. The molecule has 0 fully saturated rings. The van der Waals surface area contributed by atoms with E-state index in [1.54, 1.807) is 18.5 Å². The third-order valence-electron chi connectivity index (χ3n) is 6.50. The molecule has 4 rings (SSSR count). The van der Waals surface area contributed by atoms with Crippen molar-refractivity contribution in [3.05, 3.63) is 88.2 Å². The minimum atomic E-state index is -0.888. The number of carboxylic acids is 1. The fourth-order valence-electron chi connectivity index (χ4n) is 4.72. The lowest BCUT2D eigenvalue weighted by molar-refractivity contribution is 0.0695. The van der Waals surface area contributed by atoms with Crippen molar-refractivity contribution in [2.75, 3.05) is 7.05 Å². The Kier molecular flexibility index (Phi) is 5.92. The van der Waals surface area contributed by atoms with Crippen LogP contribution in [-0.4, -0.2) is 28.0 Å². The highest BCUT2D eigenvalue weighted by atomic mass is 16.4. The Labute approximate surface area is 184 Å². The second kappa shape index (κ2) is 8.64. The summed E-state index contributed by atoms with van der Waals surface area (Å²) in [7, 11) is 2.15. The molecule has 1 atom stereocenters. The second-order valence-electron chi connectivity index (χ2n) is 8.95. The number of hydrogen-bond donors (Lipinski definition) is 1. The lowest BCUT2D eigenvalue weighted by Gasteiger charge is -2.20. The maximum Gasteiger partial charge on any atom is 0.336 e. The standard InChI is InChI=1S/C27H30N2O2/c1-17(2)19-5-8-23(18(3)13-19)20-6-9-24-22(14-20)16-29(4)26(24)10-7-21-15-28-12-11-25(21)27(30)31/h5-6,8-9,11-15,17,26H,7,10,16H2,1-4H3,(H,30,31)/t26-/m1/s1. The predicted octanol–water partition coefficient (Wildman–Crippen LogP) is 6.00. The molecule has 2 heterocycles. The molecule has 3 aromatic rings. The van der Waals surface area contributed by atoms with Crippen molar-refractivity contribution in [1.29, 1.82) is 0 Å². The molecule has 31 heavy (non-hydrogen) atoms. The smallest absolute Gasteiger partial charge is 0.336 e. The quantitative estimate of drug-likeness (QED) is 0.538. The van der Waals surface area contributed by atoms with Gasteiger partial charge in [-0.3, -0.25) is 9.88 Å². The molecule has 1 aromatic heterocycles. The summed E-state index contributed by atoms with van der Waals surface area (Å²) < 4.78 is 0. The van der Waals surface area contributed by atoms with E-state index in [1.165, 1.54) is 33.4 Å². The summed E-state index contributed by atoms with van der Waals surface area (Å²) in [5.74, 6) is -0.357. The first-order valence-electron chi connectivity index (χ1n) is 10.9. The average Bonchev–Trinajstić information content (AvgIpc) is 3.06. The van der Waals surface area contributed by atoms with Crippen LogP contribution in [-0.2, 0) is 13.0 Å². The Hall–Kier alpha value is -2.98. The lowest BCUT2D eigenvalue weighted by atomic mass is 9.91. The van der Waals surface area contributed by atoms with Crippen LogP contribution in [0.1, 0.15) is 70.4 Å². The monoisotopic (exact) mass is 414 g/mol. The molecule has 4 nitrogen and oxygen atoms in total. The van der Waals surface area contributed by atoms with Gasteiger partial charge in [-0.1, -0.05) is 44.2 Å². The van der Waals surface area contributed by atoms with E-state index in [-0.39, 0.29) is 6.04 Å². The number of fused-ring (bicyclic) bond motifs is 1. The Balaban J connectivity index is 1.57. The maximum atomic E-state index is 11.5. The van der Waals surface area contributed by atoms with Crippen molar-refractivity contribution in [2.24, 2.45) is 0 Å². The SMILES string of the molecule is Cc1cc(C(C)C)ccc1-c1ccc2c(c1)CN(C)[C@@H]2CCc1cnccc1C(=O)O. The van der Waals surface area contributed by atoms with Crippen LogP contribution in [0.5, 0.6) is 0 Å². The first-order chi connectivity index (χ1) is 14.8. The van der Waals surface area contributed by atoms with E-state index in [1.807, 2.05) is 0 Å². The Morgan fingerprint density at radius 3 is 2.71 bits per heavy atom. The van der Waals surface area contributed by atoms with E-state index < -0.39 is 5.97 Å². The third kappa shape index (κ3) is 4.26. The highest BCUT2D eigenvalue weighted by Gasteiger charge is 2.28. The molecular formula is C27H30N2O2. The van der Waals surface area contributed by atoms with E-state index in [0.717, 1.165) is 18.5 Å². The molecular weight excluding hydrogens is 384 g/mol. The van der Waals surface area contributed by atoms with Gasteiger partial charge in [-0.2, -0.15) is 0 Å². The van der Waals surface area contributed by atoms with Gasteiger partial charge in [-0.15, -0.1) is 0 Å². The van der Waals surface area contributed by atoms with Gasteiger partial charge in [0.25, 0.3) is 0 Å². The van der Waals surface area contributed by atoms with E-state index in [2.05, 4.69) is 74.1 Å². The van der Waals surface area contributed by atoms with Crippen LogP contribution in [0, 0.1) is 6.92 Å². The lowest BCUT2D eigenvalue weighted by Crippen LogP contribution is -2.17. The minimum absolute atomic E-state index is 0.287. The number of carboxylic acid groups (broad SMARTS) is 1. The van der Waals surface area contributed by atoms with E-state index in [0.29, 0.717) is 17.9 Å². The largest absolute Gasteiger partial charge is 0.478 e. The number of aromatic nitrogens is 1. The number of aromatic carboxylic acids is 1. The van der Waals surface area contributed by atoms with Gasteiger partial charge in [0, 0.05) is 25.0 Å². The van der Waals surface area contributed by atoms with E-state index in [9.17, 15) is 9.90 Å². The van der Waals surface area contributed by atoms with Gasteiger partial charge in [0.05, 0.1) is 5.56 Å². The summed E-state index contributed by atoms with van der Waals surface area (Å²) in [4.78, 5) is 18.0. The normalized spacial score (nSPS) is 16.0. The molecule has 0 unspecified atom stereocenters. The van der Waals surface area contributed by atoms with Crippen LogP contribution in [0.2, 0.25) is 0 Å². The first-order valence-corrected chi connectivity index (χ1v) is 10.9. The molecule has 0 radical (unpaired) electrons. The molecule has 4 heteroatoms. The summed E-state index contributed by atoms with van der Waals surface area (Å²) >= 11 is 0. The topological polar surface area (TPSA) is 53.4 Å². The van der Waals surface area contributed by atoms with Crippen molar-refractivity contribution in [2.45, 2.75) is 52.1 Å². The zero-order valence-corrected chi connectivity index (χ0v) is 18.7. The highest BCUT2D eigenvalue weighted by molar-refractivity contribution is 5.89. The summed E-state index contributed by atoms with van der Waals surface area (Å²) in [6.07, 6.45) is 4.80. The number of pyridine rings is 1. The summed E-state index contributed by atoms with van der Waals surface area (Å²) in [6.45, 7) is 7.56. The van der Waals surface area contributed by atoms with E-state index >= 15 is 0 Å². The number of rotatable bonds is 6. The molecule has 0 amide bonds. The highest BCUT2D eigenvalue weighted by Crippen LogP contribution is 2.38. The van der Waals surface area contributed by atoms with Crippen LogP contribution in [0.25, 0.3) is 11.1 Å². The van der Waals surface area contributed by atoms with Crippen molar-refractivity contribution >= 4 is 5.97 Å². The van der Waals surface area contributed by atoms with Crippen LogP contribution in [0.15, 0.2) is 54.9 Å². The molecule has 1 N–H and O–H groups in total. The number of benzene rings is 2. The zero-order valence-electron chi connectivity index (χ0n) is 18.7. The van der Waals surface area contributed by atoms with Crippen LogP contribution >= 0.6 is 0 Å². The fourth-order valence-corrected chi connectivity index (χ4v) is 4.72. The number of carbonyl (C=O) groups is 1. The third-order valence-corrected chi connectivity index (χ3v) is 6.50.